The molecule has 0 aromatic heterocycles. The van der Waals surface area contributed by atoms with Gasteiger partial charge in [0, 0.05) is 51.9 Å². The molecule has 0 radical (unpaired) electrons. The van der Waals surface area contributed by atoms with Gasteiger partial charge in [0.15, 0.2) is 5.96 Å². The number of nitrogens with one attached hydrogen (secondary N) is 3. The van der Waals surface area contributed by atoms with E-state index in [4.69, 9.17) is 4.99 Å². The number of aliphatic imine (C=N–C) groups is 1. The Morgan fingerprint density at radius 3 is 2.50 bits per heavy atom. The van der Waals surface area contributed by atoms with Gasteiger partial charge in [-0.1, -0.05) is 20.8 Å². The van der Waals surface area contributed by atoms with E-state index in [1.807, 2.05) is 0 Å². The van der Waals surface area contributed by atoms with Gasteiger partial charge in [-0.15, -0.1) is 0 Å². The van der Waals surface area contributed by atoms with Gasteiger partial charge in [-0.25, -0.2) is 0 Å². The molecule has 0 saturated carbocycles. The Balaban J connectivity index is 1.75. The van der Waals surface area contributed by atoms with E-state index in [1.165, 1.54) is 32.5 Å². The van der Waals surface area contributed by atoms with Crippen molar-refractivity contribution in [2.24, 2.45) is 16.8 Å². The van der Waals surface area contributed by atoms with Crippen LogP contribution in [-0.4, -0.2) is 86.6 Å². The van der Waals surface area contributed by atoms with Crippen LogP contribution in [0.4, 0.5) is 0 Å². The Labute approximate surface area is 184 Å². The van der Waals surface area contributed by atoms with Crippen LogP contribution in [0.3, 0.4) is 0 Å². The highest BCUT2D eigenvalue weighted by molar-refractivity contribution is 5.80. The van der Waals surface area contributed by atoms with E-state index < -0.39 is 0 Å². The zero-order chi connectivity index (χ0) is 21.8. The monoisotopic (exact) mass is 422 g/mol. The van der Waals surface area contributed by atoms with E-state index in [1.54, 1.807) is 0 Å². The van der Waals surface area contributed by atoms with E-state index in [2.05, 4.69) is 53.4 Å². The maximum atomic E-state index is 11.9. The fourth-order valence-corrected chi connectivity index (χ4v) is 4.48. The van der Waals surface area contributed by atoms with Crippen LogP contribution in [0.25, 0.3) is 0 Å². The molecule has 174 valence electrons. The molecule has 0 aliphatic carbocycles. The summed E-state index contributed by atoms with van der Waals surface area (Å²) in [4.78, 5) is 21.7. The minimum atomic E-state index is 0.150. The zero-order valence-corrected chi connectivity index (χ0v) is 19.9. The number of hydrogen-bond acceptors (Lipinski definition) is 4. The summed E-state index contributed by atoms with van der Waals surface area (Å²) in [5.74, 6) is 2.50. The lowest BCUT2D eigenvalue weighted by molar-refractivity contribution is -0.122. The van der Waals surface area contributed by atoms with Gasteiger partial charge in [0.1, 0.15) is 0 Å². The van der Waals surface area contributed by atoms with E-state index in [-0.39, 0.29) is 5.91 Å². The number of piperidine rings is 2. The van der Waals surface area contributed by atoms with Gasteiger partial charge in [0.05, 0.1) is 6.54 Å². The molecule has 7 nitrogen and oxygen atoms in total. The van der Waals surface area contributed by atoms with Crippen LogP contribution in [0.1, 0.15) is 59.8 Å². The van der Waals surface area contributed by atoms with Gasteiger partial charge in [-0.2, -0.15) is 0 Å². The number of nitrogens with zero attached hydrogens (tertiary/aromatic N) is 3. The van der Waals surface area contributed by atoms with Crippen molar-refractivity contribution in [2.45, 2.75) is 65.8 Å². The minimum absolute atomic E-state index is 0.150. The summed E-state index contributed by atoms with van der Waals surface area (Å²) in [6.45, 7) is 17.4. The Bertz CT molecular complexity index is 516. The SMILES string of the molecule is CCCNC(=O)CN1CCC(NC(=NCC2CCCN(CC(C)C)C2)NCC)CC1. The van der Waals surface area contributed by atoms with Crippen molar-refractivity contribution < 1.29 is 4.79 Å². The summed E-state index contributed by atoms with van der Waals surface area (Å²) in [5, 5.41) is 10.0. The smallest absolute Gasteiger partial charge is 0.234 e. The van der Waals surface area contributed by atoms with Gasteiger partial charge < -0.3 is 20.9 Å². The molecular formula is C23H46N6O. The number of carbonyl (C=O) groups excluding carboxylic acids is 1. The fraction of sp³-hybridized carbons (Fsp3) is 0.913. The van der Waals surface area contributed by atoms with Crippen LogP contribution >= 0.6 is 0 Å². The number of likely N-dealkylation sites (tertiary alicyclic amines) is 2. The van der Waals surface area contributed by atoms with Crippen LogP contribution in [0.15, 0.2) is 4.99 Å². The van der Waals surface area contributed by atoms with Crippen molar-refractivity contribution in [2.75, 3.05) is 58.9 Å². The van der Waals surface area contributed by atoms with Crippen LogP contribution < -0.4 is 16.0 Å². The molecule has 0 aromatic rings. The molecule has 0 aromatic carbocycles. The second-order valence-corrected chi connectivity index (χ2v) is 9.43. The zero-order valence-electron chi connectivity index (χ0n) is 19.9. The highest BCUT2D eigenvalue weighted by Gasteiger charge is 2.23. The van der Waals surface area contributed by atoms with Gasteiger partial charge >= 0.3 is 0 Å². The van der Waals surface area contributed by atoms with Crippen LogP contribution in [0.5, 0.6) is 0 Å². The predicted octanol–water partition coefficient (Wildman–Crippen LogP) is 1.90. The summed E-state index contributed by atoms with van der Waals surface area (Å²) < 4.78 is 0. The van der Waals surface area contributed by atoms with Gasteiger partial charge in [0.25, 0.3) is 0 Å². The average Bonchev–Trinajstić information content (AvgIpc) is 2.72. The molecule has 30 heavy (non-hydrogen) atoms. The molecule has 2 fully saturated rings. The van der Waals surface area contributed by atoms with E-state index in [0.717, 1.165) is 63.9 Å². The number of amides is 1. The Morgan fingerprint density at radius 1 is 1.07 bits per heavy atom. The molecule has 7 heteroatoms. The standard InChI is InChI=1S/C23H46N6O/c1-5-11-25-22(30)18-28-13-9-21(10-14-28)27-23(24-6-2)26-15-20-8-7-12-29(17-20)16-19(3)4/h19-21H,5-18H2,1-4H3,(H,25,30)(H2,24,26,27). The van der Waals surface area contributed by atoms with Crippen LogP contribution in [-0.2, 0) is 4.79 Å². The normalized spacial score (nSPS) is 22.3. The molecule has 0 bridgehead atoms. The van der Waals surface area contributed by atoms with Crippen LogP contribution in [0.2, 0.25) is 0 Å². The molecule has 1 amide bonds. The molecule has 0 spiro atoms. The first-order valence-corrected chi connectivity index (χ1v) is 12.3. The minimum Gasteiger partial charge on any atom is -0.357 e. The van der Waals surface area contributed by atoms with Crippen molar-refractivity contribution >= 4 is 11.9 Å². The van der Waals surface area contributed by atoms with Crippen LogP contribution in [0, 0.1) is 11.8 Å². The summed E-state index contributed by atoms with van der Waals surface area (Å²) in [7, 11) is 0. The van der Waals surface area contributed by atoms with E-state index in [0.29, 0.717) is 18.5 Å². The Morgan fingerprint density at radius 2 is 1.83 bits per heavy atom. The quantitative estimate of drug-likeness (QED) is 0.370. The fourth-order valence-electron chi connectivity index (χ4n) is 4.48. The number of hydrogen-bond donors (Lipinski definition) is 3. The van der Waals surface area contributed by atoms with E-state index in [9.17, 15) is 4.79 Å². The highest BCUT2D eigenvalue weighted by Crippen LogP contribution is 2.18. The summed E-state index contributed by atoms with van der Waals surface area (Å²) in [5.41, 5.74) is 0. The molecule has 3 N–H and O–H groups in total. The summed E-state index contributed by atoms with van der Waals surface area (Å²) in [6, 6.07) is 0.432. The van der Waals surface area contributed by atoms with Crippen molar-refractivity contribution in [1.29, 1.82) is 0 Å². The number of rotatable bonds is 10. The third-order valence-corrected chi connectivity index (χ3v) is 5.95. The van der Waals surface area contributed by atoms with Gasteiger partial charge in [0.2, 0.25) is 5.91 Å². The third kappa shape index (κ3) is 9.65. The van der Waals surface area contributed by atoms with Gasteiger partial charge in [-0.05, 0) is 57.4 Å². The number of guanidine groups is 1. The molecule has 2 heterocycles. The first kappa shape index (κ1) is 24.9. The maximum absolute atomic E-state index is 11.9. The summed E-state index contributed by atoms with van der Waals surface area (Å²) in [6.07, 6.45) is 5.67. The first-order chi connectivity index (χ1) is 14.5. The molecular weight excluding hydrogens is 376 g/mol. The number of carbonyl (C=O) groups is 1. The third-order valence-electron chi connectivity index (χ3n) is 5.95. The molecule has 1 atom stereocenters. The largest absolute Gasteiger partial charge is 0.357 e. The predicted molar refractivity (Wildman–Crippen MR) is 126 cm³/mol. The molecule has 2 aliphatic rings. The topological polar surface area (TPSA) is 72.0 Å². The molecule has 2 aliphatic heterocycles. The average molecular weight is 423 g/mol. The molecule has 2 saturated heterocycles. The summed E-state index contributed by atoms with van der Waals surface area (Å²) >= 11 is 0. The van der Waals surface area contributed by atoms with E-state index >= 15 is 0 Å². The van der Waals surface area contributed by atoms with Crippen molar-refractivity contribution in [1.82, 2.24) is 25.8 Å². The Hall–Kier alpha value is -1.34. The van der Waals surface area contributed by atoms with Crippen molar-refractivity contribution in [3.63, 3.8) is 0 Å². The Kier molecular flexibility index (Phi) is 11.5. The first-order valence-electron chi connectivity index (χ1n) is 12.3. The molecule has 1 unspecified atom stereocenters. The second-order valence-electron chi connectivity index (χ2n) is 9.43. The van der Waals surface area contributed by atoms with Crippen molar-refractivity contribution in [3.8, 4) is 0 Å². The molecule has 2 rings (SSSR count). The van der Waals surface area contributed by atoms with Gasteiger partial charge in [-0.3, -0.25) is 14.7 Å². The highest BCUT2D eigenvalue weighted by atomic mass is 16.2. The lowest BCUT2D eigenvalue weighted by atomic mass is 9.97. The maximum Gasteiger partial charge on any atom is 0.234 e. The van der Waals surface area contributed by atoms with Crippen molar-refractivity contribution in [3.05, 3.63) is 0 Å². The second kappa shape index (κ2) is 13.9. The lowest BCUT2D eigenvalue weighted by Crippen LogP contribution is -2.50. The lowest BCUT2D eigenvalue weighted by Gasteiger charge is -2.34.